The summed E-state index contributed by atoms with van der Waals surface area (Å²) >= 11 is 0. The Labute approximate surface area is 83.7 Å². The van der Waals surface area contributed by atoms with Gasteiger partial charge in [0.2, 0.25) is 5.79 Å². The fourth-order valence-corrected chi connectivity index (χ4v) is 1.64. The van der Waals surface area contributed by atoms with Gasteiger partial charge in [0.15, 0.2) is 0 Å². The number of epoxide rings is 1. The van der Waals surface area contributed by atoms with E-state index < -0.39 is 5.79 Å². The molecule has 0 aliphatic carbocycles. The molecule has 2 saturated heterocycles. The van der Waals surface area contributed by atoms with Crippen LogP contribution in [0.15, 0.2) is 0 Å². The van der Waals surface area contributed by atoms with Crippen molar-refractivity contribution in [3.8, 4) is 6.07 Å². The molecule has 2 aliphatic rings. The first kappa shape index (κ1) is 9.91. The van der Waals surface area contributed by atoms with Gasteiger partial charge in [-0.1, -0.05) is 0 Å². The number of nitrogens with zero attached hydrogens (tertiary/aromatic N) is 1. The number of hydrogen-bond donors (Lipinski definition) is 0. The van der Waals surface area contributed by atoms with Gasteiger partial charge in [0.05, 0.1) is 24.7 Å². The van der Waals surface area contributed by atoms with Crippen LogP contribution >= 0.6 is 0 Å². The standard InChI is InChI=1S/C10H15NO3/c1-8(5-11)10(7-14-10)13-6-9-3-2-4-12-9/h8-9H,2-4,6-7H2,1H3. The van der Waals surface area contributed by atoms with Gasteiger partial charge >= 0.3 is 0 Å². The van der Waals surface area contributed by atoms with Crippen LogP contribution in [0.1, 0.15) is 19.8 Å². The molecule has 4 nitrogen and oxygen atoms in total. The van der Waals surface area contributed by atoms with Crippen LogP contribution in [0.5, 0.6) is 0 Å². The largest absolute Gasteiger partial charge is 0.376 e. The van der Waals surface area contributed by atoms with Gasteiger partial charge in [-0.3, -0.25) is 0 Å². The third-order valence-electron chi connectivity index (χ3n) is 2.82. The first-order chi connectivity index (χ1) is 6.77. The van der Waals surface area contributed by atoms with Gasteiger partial charge in [-0.25, -0.2) is 0 Å². The molecule has 0 bridgehead atoms. The second-order valence-electron chi connectivity index (χ2n) is 3.90. The lowest BCUT2D eigenvalue weighted by molar-refractivity contribution is -0.0970. The summed E-state index contributed by atoms with van der Waals surface area (Å²) in [6, 6.07) is 2.15. The summed E-state index contributed by atoms with van der Waals surface area (Å²) in [5.74, 6) is -0.829. The lowest BCUT2D eigenvalue weighted by atomic mass is 10.1. The summed E-state index contributed by atoms with van der Waals surface area (Å²) < 4.78 is 16.2. The fourth-order valence-electron chi connectivity index (χ4n) is 1.64. The van der Waals surface area contributed by atoms with E-state index in [-0.39, 0.29) is 12.0 Å². The third kappa shape index (κ3) is 1.90. The Balaban J connectivity index is 1.77. The summed E-state index contributed by atoms with van der Waals surface area (Å²) in [7, 11) is 0. The molecule has 78 valence electrons. The smallest absolute Gasteiger partial charge is 0.208 e. The van der Waals surface area contributed by atoms with Gasteiger partial charge in [0.1, 0.15) is 6.61 Å². The molecule has 0 saturated carbocycles. The van der Waals surface area contributed by atoms with E-state index in [2.05, 4.69) is 6.07 Å². The summed E-state index contributed by atoms with van der Waals surface area (Å²) in [6.45, 7) is 3.73. The summed E-state index contributed by atoms with van der Waals surface area (Å²) in [4.78, 5) is 0. The molecule has 2 rings (SSSR count). The molecular weight excluding hydrogens is 182 g/mol. The molecule has 4 heteroatoms. The molecule has 3 atom stereocenters. The van der Waals surface area contributed by atoms with Crippen molar-refractivity contribution in [3.63, 3.8) is 0 Å². The quantitative estimate of drug-likeness (QED) is 0.632. The van der Waals surface area contributed by atoms with E-state index in [0.29, 0.717) is 13.2 Å². The Hall–Kier alpha value is -0.630. The summed E-state index contributed by atoms with van der Waals surface area (Å²) in [6.07, 6.45) is 2.36. The Bertz CT molecular complexity index is 238. The van der Waals surface area contributed by atoms with Crippen molar-refractivity contribution in [2.24, 2.45) is 5.92 Å². The molecule has 2 fully saturated rings. The lowest BCUT2D eigenvalue weighted by Gasteiger charge is -2.17. The zero-order valence-electron chi connectivity index (χ0n) is 8.36. The van der Waals surface area contributed by atoms with E-state index in [0.717, 1.165) is 19.4 Å². The third-order valence-corrected chi connectivity index (χ3v) is 2.82. The second kappa shape index (κ2) is 3.85. The van der Waals surface area contributed by atoms with Crippen molar-refractivity contribution < 1.29 is 14.2 Å². The van der Waals surface area contributed by atoms with E-state index in [4.69, 9.17) is 19.5 Å². The Morgan fingerprint density at radius 2 is 2.50 bits per heavy atom. The summed E-state index contributed by atoms with van der Waals surface area (Å²) in [5, 5.41) is 8.76. The highest BCUT2D eigenvalue weighted by atomic mass is 16.8. The Morgan fingerprint density at radius 3 is 3.00 bits per heavy atom. The van der Waals surface area contributed by atoms with Gasteiger partial charge in [-0.15, -0.1) is 0 Å². The number of rotatable bonds is 4. The molecule has 0 radical (unpaired) electrons. The van der Waals surface area contributed by atoms with Gasteiger partial charge in [0, 0.05) is 6.61 Å². The minimum absolute atomic E-state index is 0.196. The zero-order valence-corrected chi connectivity index (χ0v) is 8.36. The predicted octanol–water partition coefficient (Wildman–Crippen LogP) is 1.07. The van der Waals surface area contributed by atoms with E-state index >= 15 is 0 Å². The molecule has 3 unspecified atom stereocenters. The van der Waals surface area contributed by atoms with Crippen molar-refractivity contribution in [2.45, 2.75) is 31.7 Å². The van der Waals surface area contributed by atoms with E-state index in [1.807, 2.05) is 6.92 Å². The lowest BCUT2D eigenvalue weighted by Crippen LogP contribution is -2.29. The fraction of sp³-hybridized carbons (Fsp3) is 0.900. The van der Waals surface area contributed by atoms with Crippen LogP contribution in [0, 0.1) is 17.2 Å². The molecule has 2 heterocycles. The highest BCUT2D eigenvalue weighted by Crippen LogP contribution is 2.36. The normalized spacial score (nSPS) is 37.9. The van der Waals surface area contributed by atoms with E-state index in [1.165, 1.54) is 0 Å². The maximum Gasteiger partial charge on any atom is 0.208 e. The van der Waals surface area contributed by atoms with Crippen molar-refractivity contribution in [3.05, 3.63) is 0 Å². The average molecular weight is 197 g/mol. The topological polar surface area (TPSA) is 54.8 Å². The maximum atomic E-state index is 8.76. The van der Waals surface area contributed by atoms with Crippen LogP contribution < -0.4 is 0 Å². The Morgan fingerprint density at radius 1 is 1.71 bits per heavy atom. The SMILES string of the molecule is CC(C#N)C1(OCC2CCCO2)CO1. The van der Waals surface area contributed by atoms with Crippen LogP contribution in [-0.4, -0.2) is 31.7 Å². The van der Waals surface area contributed by atoms with Crippen molar-refractivity contribution in [1.82, 2.24) is 0 Å². The highest BCUT2D eigenvalue weighted by Gasteiger charge is 2.52. The molecular formula is C10H15NO3. The molecule has 2 aliphatic heterocycles. The van der Waals surface area contributed by atoms with Gasteiger partial charge in [-0.05, 0) is 19.8 Å². The monoisotopic (exact) mass is 197 g/mol. The first-order valence-corrected chi connectivity index (χ1v) is 5.06. The van der Waals surface area contributed by atoms with Gasteiger partial charge < -0.3 is 14.2 Å². The summed E-state index contributed by atoms with van der Waals surface area (Å²) in [5.41, 5.74) is 0. The van der Waals surface area contributed by atoms with E-state index in [9.17, 15) is 0 Å². The van der Waals surface area contributed by atoms with Crippen LogP contribution in [0.25, 0.3) is 0 Å². The van der Waals surface area contributed by atoms with E-state index in [1.54, 1.807) is 0 Å². The zero-order chi connectivity index (χ0) is 10.0. The van der Waals surface area contributed by atoms with Crippen LogP contribution in [-0.2, 0) is 14.2 Å². The number of nitriles is 1. The average Bonchev–Trinajstić information content (AvgIpc) is 2.83. The second-order valence-corrected chi connectivity index (χ2v) is 3.90. The number of hydrogen-bond acceptors (Lipinski definition) is 4. The minimum atomic E-state index is -0.624. The molecule has 0 aromatic carbocycles. The van der Waals surface area contributed by atoms with Gasteiger partial charge in [-0.2, -0.15) is 5.26 Å². The molecule has 0 aromatic heterocycles. The van der Waals surface area contributed by atoms with Crippen LogP contribution in [0.4, 0.5) is 0 Å². The number of ether oxygens (including phenoxy) is 3. The molecule has 0 spiro atoms. The Kier molecular flexibility index (Phi) is 2.73. The maximum absolute atomic E-state index is 8.76. The van der Waals surface area contributed by atoms with Gasteiger partial charge in [0.25, 0.3) is 0 Å². The van der Waals surface area contributed by atoms with Crippen molar-refractivity contribution in [1.29, 1.82) is 5.26 Å². The predicted molar refractivity (Wildman–Crippen MR) is 48.4 cm³/mol. The van der Waals surface area contributed by atoms with Crippen molar-refractivity contribution >= 4 is 0 Å². The minimum Gasteiger partial charge on any atom is -0.376 e. The first-order valence-electron chi connectivity index (χ1n) is 5.06. The molecule has 14 heavy (non-hydrogen) atoms. The molecule has 0 aromatic rings. The van der Waals surface area contributed by atoms with Crippen molar-refractivity contribution in [2.75, 3.05) is 19.8 Å². The molecule has 0 amide bonds. The highest BCUT2D eigenvalue weighted by molar-refractivity contribution is 4.99. The van der Waals surface area contributed by atoms with Crippen LogP contribution in [0.2, 0.25) is 0 Å². The van der Waals surface area contributed by atoms with Crippen LogP contribution in [0.3, 0.4) is 0 Å². The molecule has 0 N–H and O–H groups in total.